The molecule has 5 rings (SSSR count). The number of piperidine rings is 1. The number of para-hydroxylation sites is 1. The Bertz CT molecular complexity index is 1340. The summed E-state index contributed by atoms with van der Waals surface area (Å²) >= 11 is 6.04. The molecule has 3 amide bonds. The SMILES string of the molecule is O=C(CN1CN(c2ccccc2)C2(CCN(C(=O)C=Cc3ccccc3)CC2)C1=O)Nc1cccc(Cl)c1. The number of benzene rings is 3. The van der Waals surface area contributed by atoms with Gasteiger partial charge in [0.15, 0.2) is 0 Å². The number of carbonyl (C=O) groups is 3. The number of nitrogens with zero attached hydrogens (tertiary/aromatic N) is 3. The molecule has 8 heteroatoms. The Balaban J connectivity index is 1.30. The highest BCUT2D eigenvalue weighted by molar-refractivity contribution is 6.30. The molecule has 2 aliphatic rings. The van der Waals surface area contributed by atoms with Gasteiger partial charge in [0.2, 0.25) is 11.8 Å². The first-order valence-corrected chi connectivity index (χ1v) is 13.0. The fraction of sp³-hybridized carbons (Fsp3) is 0.233. The summed E-state index contributed by atoms with van der Waals surface area (Å²) in [6, 6.07) is 26.4. The van der Waals surface area contributed by atoms with E-state index in [0.29, 0.717) is 43.3 Å². The van der Waals surface area contributed by atoms with Crippen molar-refractivity contribution in [1.82, 2.24) is 9.80 Å². The minimum absolute atomic E-state index is 0.0705. The fourth-order valence-corrected chi connectivity index (χ4v) is 5.39. The van der Waals surface area contributed by atoms with E-state index >= 15 is 0 Å². The van der Waals surface area contributed by atoms with Crippen molar-refractivity contribution in [3.05, 3.63) is 102 Å². The van der Waals surface area contributed by atoms with Crippen LogP contribution in [-0.4, -0.2) is 59.4 Å². The predicted octanol–water partition coefficient (Wildman–Crippen LogP) is 4.66. The molecule has 0 unspecified atom stereocenters. The van der Waals surface area contributed by atoms with E-state index in [9.17, 15) is 14.4 Å². The van der Waals surface area contributed by atoms with Gasteiger partial charge in [-0.2, -0.15) is 0 Å². The van der Waals surface area contributed by atoms with Gasteiger partial charge in [-0.15, -0.1) is 0 Å². The number of likely N-dealkylation sites (tertiary alicyclic amines) is 1. The summed E-state index contributed by atoms with van der Waals surface area (Å²) in [6.45, 7) is 1.14. The van der Waals surface area contributed by atoms with Gasteiger partial charge in [-0.05, 0) is 54.8 Å². The highest BCUT2D eigenvalue weighted by Crippen LogP contribution is 2.39. The standard InChI is InChI=1S/C30H29ClN4O3/c31-24-10-7-11-25(20-24)32-27(36)21-34-22-35(26-12-5-2-6-13-26)30(29(34)38)16-18-33(19-17-30)28(37)15-14-23-8-3-1-4-9-23/h1-15,20H,16-19,21-22H2,(H,32,36). The normalized spacial score (nSPS) is 16.9. The molecule has 7 nitrogen and oxygen atoms in total. The highest BCUT2D eigenvalue weighted by Gasteiger charge is 2.54. The van der Waals surface area contributed by atoms with Crippen molar-refractivity contribution < 1.29 is 14.4 Å². The summed E-state index contributed by atoms with van der Waals surface area (Å²) in [5, 5.41) is 3.35. The van der Waals surface area contributed by atoms with E-state index in [2.05, 4.69) is 10.2 Å². The average molecular weight is 529 g/mol. The second kappa shape index (κ2) is 11.1. The van der Waals surface area contributed by atoms with E-state index < -0.39 is 5.54 Å². The lowest BCUT2D eigenvalue weighted by Gasteiger charge is -2.43. The van der Waals surface area contributed by atoms with Crippen molar-refractivity contribution in [2.24, 2.45) is 0 Å². The van der Waals surface area contributed by atoms with Crippen LogP contribution in [0.3, 0.4) is 0 Å². The van der Waals surface area contributed by atoms with E-state index in [1.165, 1.54) is 0 Å². The van der Waals surface area contributed by atoms with Gasteiger partial charge in [0, 0.05) is 35.6 Å². The van der Waals surface area contributed by atoms with Gasteiger partial charge in [-0.3, -0.25) is 14.4 Å². The third-order valence-corrected chi connectivity index (χ3v) is 7.38. The number of rotatable bonds is 6. The minimum atomic E-state index is -0.808. The topological polar surface area (TPSA) is 73.0 Å². The predicted molar refractivity (Wildman–Crippen MR) is 150 cm³/mol. The van der Waals surface area contributed by atoms with Gasteiger partial charge < -0.3 is 20.0 Å². The molecule has 0 bridgehead atoms. The molecule has 2 saturated heterocycles. The van der Waals surface area contributed by atoms with Crippen molar-refractivity contribution in [3.8, 4) is 0 Å². The number of nitrogens with one attached hydrogen (secondary N) is 1. The molecule has 38 heavy (non-hydrogen) atoms. The van der Waals surface area contributed by atoms with Gasteiger partial charge in [0.25, 0.3) is 5.91 Å². The molecule has 1 N–H and O–H groups in total. The number of hydrogen-bond acceptors (Lipinski definition) is 4. The lowest BCUT2D eigenvalue weighted by Crippen LogP contribution is -2.57. The zero-order chi connectivity index (χ0) is 26.5. The van der Waals surface area contributed by atoms with Crippen molar-refractivity contribution in [1.29, 1.82) is 0 Å². The smallest absolute Gasteiger partial charge is 0.250 e. The van der Waals surface area contributed by atoms with Gasteiger partial charge in [-0.1, -0.05) is 66.2 Å². The molecule has 3 aromatic rings. The Morgan fingerprint density at radius 2 is 1.61 bits per heavy atom. The molecule has 0 atom stereocenters. The van der Waals surface area contributed by atoms with Crippen LogP contribution in [-0.2, 0) is 14.4 Å². The first-order valence-electron chi connectivity index (χ1n) is 12.6. The maximum atomic E-state index is 13.9. The molecule has 2 fully saturated rings. The Morgan fingerprint density at radius 1 is 0.921 bits per heavy atom. The molecule has 0 saturated carbocycles. The molecule has 2 heterocycles. The van der Waals surface area contributed by atoms with Gasteiger partial charge >= 0.3 is 0 Å². The van der Waals surface area contributed by atoms with E-state index in [1.807, 2.05) is 66.7 Å². The lowest BCUT2D eigenvalue weighted by molar-refractivity contribution is -0.138. The molecule has 0 aliphatic carbocycles. The monoisotopic (exact) mass is 528 g/mol. The first kappa shape index (κ1) is 25.5. The number of amides is 3. The quantitative estimate of drug-likeness (QED) is 0.472. The second-order valence-corrected chi connectivity index (χ2v) is 10.0. The molecule has 194 valence electrons. The summed E-state index contributed by atoms with van der Waals surface area (Å²) in [7, 11) is 0. The molecule has 2 aliphatic heterocycles. The van der Waals surface area contributed by atoms with E-state index in [4.69, 9.17) is 11.6 Å². The van der Waals surface area contributed by atoms with Crippen LogP contribution in [0, 0.1) is 0 Å². The van der Waals surface area contributed by atoms with Crippen LogP contribution in [0.15, 0.2) is 91.0 Å². The molecule has 0 radical (unpaired) electrons. The molecule has 3 aromatic carbocycles. The summed E-state index contributed by atoms with van der Waals surface area (Å²) in [5.74, 6) is -0.447. The highest BCUT2D eigenvalue weighted by atomic mass is 35.5. The molecule has 0 aromatic heterocycles. The van der Waals surface area contributed by atoms with Crippen LogP contribution in [0.5, 0.6) is 0 Å². The van der Waals surface area contributed by atoms with E-state index in [-0.39, 0.29) is 24.3 Å². The maximum absolute atomic E-state index is 13.9. The fourth-order valence-electron chi connectivity index (χ4n) is 5.20. The largest absolute Gasteiger partial charge is 0.339 e. The molecular formula is C30H29ClN4O3. The summed E-state index contributed by atoms with van der Waals surface area (Å²) < 4.78 is 0. The summed E-state index contributed by atoms with van der Waals surface area (Å²) in [6.07, 6.45) is 4.37. The molecular weight excluding hydrogens is 500 g/mol. The van der Waals surface area contributed by atoms with Crippen LogP contribution in [0.1, 0.15) is 18.4 Å². The van der Waals surface area contributed by atoms with Crippen molar-refractivity contribution in [2.45, 2.75) is 18.4 Å². The Morgan fingerprint density at radius 3 is 2.29 bits per heavy atom. The van der Waals surface area contributed by atoms with Crippen LogP contribution >= 0.6 is 11.6 Å². The van der Waals surface area contributed by atoms with Crippen LogP contribution < -0.4 is 10.2 Å². The zero-order valence-electron chi connectivity index (χ0n) is 20.9. The van der Waals surface area contributed by atoms with Crippen molar-refractivity contribution >= 4 is 46.8 Å². The number of halogens is 1. The van der Waals surface area contributed by atoms with Crippen LogP contribution in [0.2, 0.25) is 5.02 Å². The Labute approximate surface area is 227 Å². The van der Waals surface area contributed by atoms with Gasteiger partial charge in [0.1, 0.15) is 12.1 Å². The van der Waals surface area contributed by atoms with Gasteiger partial charge in [0.05, 0.1) is 6.67 Å². The lowest BCUT2D eigenvalue weighted by atomic mass is 9.85. The van der Waals surface area contributed by atoms with E-state index in [0.717, 1.165) is 11.3 Å². The number of anilines is 2. The zero-order valence-corrected chi connectivity index (χ0v) is 21.7. The summed E-state index contributed by atoms with van der Waals surface area (Å²) in [5.41, 5.74) is 1.65. The third-order valence-electron chi connectivity index (χ3n) is 7.15. The van der Waals surface area contributed by atoms with Crippen LogP contribution in [0.25, 0.3) is 6.08 Å². The summed E-state index contributed by atoms with van der Waals surface area (Å²) in [4.78, 5) is 45.1. The van der Waals surface area contributed by atoms with Crippen molar-refractivity contribution in [2.75, 3.05) is 36.5 Å². The van der Waals surface area contributed by atoms with Crippen molar-refractivity contribution in [3.63, 3.8) is 0 Å². The number of carbonyl (C=O) groups excluding carboxylic acids is 3. The third kappa shape index (κ3) is 5.43. The van der Waals surface area contributed by atoms with Gasteiger partial charge in [-0.25, -0.2) is 0 Å². The Kier molecular flexibility index (Phi) is 7.47. The Hall–Kier alpha value is -4.10. The van der Waals surface area contributed by atoms with E-state index in [1.54, 1.807) is 40.1 Å². The van der Waals surface area contributed by atoms with Crippen LogP contribution in [0.4, 0.5) is 11.4 Å². The number of hydrogen-bond donors (Lipinski definition) is 1. The first-order chi connectivity index (χ1) is 18.4. The average Bonchev–Trinajstić information content (AvgIpc) is 3.19. The second-order valence-electron chi connectivity index (χ2n) is 9.57. The minimum Gasteiger partial charge on any atom is -0.339 e. The maximum Gasteiger partial charge on any atom is 0.250 e. The molecule has 1 spiro atoms.